The van der Waals surface area contributed by atoms with E-state index in [-0.39, 0.29) is 0 Å². The molecule has 1 aliphatic rings. The zero-order chi connectivity index (χ0) is 12.8. The number of morpholine rings is 1. The Morgan fingerprint density at radius 2 is 2.17 bits per heavy atom. The molecule has 18 heavy (non-hydrogen) atoms. The largest absolute Gasteiger partial charge is 0.379 e. The normalized spacial score (nSPS) is 16.8. The van der Waals surface area contributed by atoms with Crippen molar-refractivity contribution in [2.45, 2.75) is 13.3 Å². The molecule has 1 aromatic rings. The summed E-state index contributed by atoms with van der Waals surface area (Å²) in [5.74, 6) is 0.806. The predicted octanol–water partition coefficient (Wildman–Crippen LogP) is 1.44. The van der Waals surface area contributed by atoms with E-state index in [0.717, 1.165) is 57.3 Å². The smallest absolute Gasteiger partial charge is 0.224 e. The van der Waals surface area contributed by atoms with Crippen LogP contribution in [0.25, 0.3) is 0 Å². The van der Waals surface area contributed by atoms with Gasteiger partial charge in [-0.3, -0.25) is 4.90 Å². The minimum atomic E-state index is 0.309. The van der Waals surface area contributed by atoms with E-state index in [1.54, 1.807) is 0 Å². The van der Waals surface area contributed by atoms with Crippen molar-refractivity contribution in [2.75, 3.05) is 44.7 Å². The van der Waals surface area contributed by atoms with Crippen molar-refractivity contribution in [2.24, 2.45) is 0 Å². The molecule has 0 bridgehead atoms. The monoisotopic (exact) mass is 270 g/mol. The minimum absolute atomic E-state index is 0.309. The van der Waals surface area contributed by atoms with E-state index in [4.69, 9.17) is 16.3 Å². The summed E-state index contributed by atoms with van der Waals surface area (Å²) in [5, 5.41) is 3.60. The van der Waals surface area contributed by atoms with Crippen LogP contribution in [0.15, 0.2) is 6.07 Å². The molecule has 100 valence electrons. The van der Waals surface area contributed by atoms with Gasteiger partial charge in [0.25, 0.3) is 0 Å². The van der Waals surface area contributed by atoms with Gasteiger partial charge in [-0.1, -0.05) is 6.92 Å². The maximum absolute atomic E-state index is 5.87. The summed E-state index contributed by atoms with van der Waals surface area (Å²) in [6, 6.07) is 1.95. The third-order valence-corrected chi connectivity index (χ3v) is 3.12. The first kappa shape index (κ1) is 13.5. The van der Waals surface area contributed by atoms with E-state index in [0.29, 0.717) is 5.28 Å². The lowest BCUT2D eigenvalue weighted by Crippen LogP contribution is -2.39. The molecule has 1 N–H and O–H groups in total. The SMILES string of the molecule is CCc1cc(NCCN2CCOCC2)nc(Cl)n1. The third kappa shape index (κ3) is 4.08. The molecule has 5 nitrogen and oxygen atoms in total. The van der Waals surface area contributed by atoms with Crippen molar-refractivity contribution in [1.29, 1.82) is 0 Å². The molecule has 0 amide bonds. The third-order valence-electron chi connectivity index (χ3n) is 2.95. The van der Waals surface area contributed by atoms with Crippen LogP contribution in [0.2, 0.25) is 5.28 Å². The molecule has 1 aliphatic heterocycles. The lowest BCUT2D eigenvalue weighted by Gasteiger charge is -2.26. The second-order valence-corrected chi connectivity index (χ2v) is 4.59. The molecule has 0 radical (unpaired) electrons. The number of aromatic nitrogens is 2. The number of ether oxygens (including phenoxy) is 1. The highest BCUT2D eigenvalue weighted by atomic mass is 35.5. The lowest BCUT2D eigenvalue weighted by atomic mass is 10.3. The molecule has 1 saturated heterocycles. The van der Waals surface area contributed by atoms with Gasteiger partial charge in [0.1, 0.15) is 5.82 Å². The second kappa shape index (κ2) is 6.87. The highest BCUT2D eigenvalue weighted by Crippen LogP contribution is 2.10. The molecule has 2 heterocycles. The van der Waals surface area contributed by atoms with Crippen LogP contribution < -0.4 is 5.32 Å². The predicted molar refractivity (Wildman–Crippen MR) is 72.2 cm³/mol. The molecule has 0 unspecified atom stereocenters. The van der Waals surface area contributed by atoms with E-state index < -0.39 is 0 Å². The van der Waals surface area contributed by atoms with Gasteiger partial charge in [-0.25, -0.2) is 9.97 Å². The van der Waals surface area contributed by atoms with Crippen LogP contribution in [-0.4, -0.2) is 54.3 Å². The standard InChI is InChI=1S/C12H19ClN4O/c1-2-10-9-11(16-12(13)15-10)14-3-4-17-5-7-18-8-6-17/h9H,2-8H2,1H3,(H,14,15,16). The van der Waals surface area contributed by atoms with E-state index in [2.05, 4.69) is 27.1 Å². The summed E-state index contributed by atoms with van der Waals surface area (Å²) >= 11 is 5.87. The number of nitrogens with one attached hydrogen (secondary N) is 1. The molecule has 1 aromatic heterocycles. The molecule has 0 aliphatic carbocycles. The van der Waals surface area contributed by atoms with Gasteiger partial charge in [-0.15, -0.1) is 0 Å². The molecule has 1 fully saturated rings. The Balaban J connectivity index is 1.80. The first-order chi connectivity index (χ1) is 8.78. The molecule has 0 spiro atoms. The minimum Gasteiger partial charge on any atom is -0.379 e. The van der Waals surface area contributed by atoms with Crippen LogP contribution in [0.4, 0.5) is 5.82 Å². The van der Waals surface area contributed by atoms with Gasteiger partial charge in [0.05, 0.1) is 13.2 Å². The number of aryl methyl sites for hydroxylation is 1. The van der Waals surface area contributed by atoms with Crippen molar-refractivity contribution in [1.82, 2.24) is 14.9 Å². The molecule has 0 saturated carbocycles. The van der Waals surface area contributed by atoms with E-state index in [1.807, 2.05) is 6.07 Å². The van der Waals surface area contributed by atoms with Crippen molar-refractivity contribution in [3.05, 3.63) is 17.0 Å². The Morgan fingerprint density at radius 1 is 1.39 bits per heavy atom. The Labute approximate surface area is 113 Å². The highest BCUT2D eigenvalue weighted by Gasteiger charge is 2.09. The van der Waals surface area contributed by atoms with Crippen molar-refractivity contribution in [3.8, 4) is 0 Å². The Kier molecular flexibility index (Phi) is 5.16. The van der Waals surface area contributed by atoms with Crippen molar-refractivity contribution < 1.29 is 4.74 Å². The van der Waals surface area contributed by atoms with Crippen LogP contribution in [-0.2, 0) is 11.2 Å². The fourth-order valence-electron chi connectivity index (χ4n) is 1.90. The zero-order valence-electron chi connectivity index (χ0n) is 10.7. The lowest BCUT2D eigenvalue weighted by molar-refractivity contribution is 0.0398. The van der Waals surface area contributed by atoms with Crippen LogP contribution in [0, 0.1) is 0 Å². The van der Waals surface area contributed by atoms with Gasteiger partial charge in [-0.05, 0) is 18.0 Å². The first-order valence-corrected chi connectivity index (χ1v) is 6.73. The van der Waals surface area contributed by atoms with Gasteiger partial charge in [-0.2, -0.15) is 0 Å². The summed E-state index contributed by atoms with van der Waals surface area (Å²) in [5.41, 5.74) is 0.962. The average Bonchev–Trinajstić information content (AvgIpc) is 2.39. The molecule has 0 atom stereocenters. The fraction of sp³-hybridized carbons (Fsp3) is 0.667. The number of anilines is 1. The van der Waals surface area contributed by atoms with E-state index >= 15 is 0 Å². The molecule has 2 rings (SSSR count). The zero-order valence-corrected chi connectivity index (χ0v) is 11.4. The van der Waals surface area contributed by atoms with Gasteiger partial charge < -0.3 is 10.1 Å². The van der Waals surface area contributed by atoms with E-state index in [9.17, 15) is 0 Å². The first-order valence-electron chi connectivity index (χ1n) is 6.35. The summed E-state index contributed by atoms with van der Waals surface area (Å²) in [4.78, 5) is 10.7. The Hall–Kier alpha value is -0.910. The number of hydrogen-bond acceptors (Lipinski definition) is 5. The topological polar surface area (TPSA) is 50.3 Å². The highest BCUT2D eigenvalue weighted by molar-refractivity contribution is 6.28. The van der Waals surface area contributed by atoms with Crippen LogP contribution in [0.3, 0.4) is 0 Å². The maximum atomic E-state index is 5.87. The van der Waals surface area contributed by atoms with Crippen LogP contribution in [0.5, 0.6) is 0 Å². The molecule has 6 heteroatoms. The maximum Gasteiger partial charge on any atom is 0.224 e. The number of hydrogen-bond donors (Lipinski definition) is 1. The van der Waals surface area contributed by atoms with Gasteiger partial charge in [0, 0.05) is 37.9 Å². The Bertz CT molecular complexity index is 382. The van der Waals surface area contributed by atoms with Crippen LogP contribution >= 0.6 is 11.6 Å². The average molecular weight is 271 g/mol. The van der Waals surface area contributed by atoms with Crippen molar-refractivity contribution >= 4 is 17.4 Å². The summed E-state index contributed by atoms with van der Waals surface area (Å²) in [6.07, 6.45) is 0.861. The van der Waals surface area contributed by atoms with Gasteiger partial charge >= 0.3 is 0 Å². The number of halogens is 1. The second-order valence-electron chi connectivity index (χ2n) is 4.25. The molecular weight excluding hydrogens is 252 g/mol. The van der Waals surface area contributed by atoms with Gasteiger partial charge in [0.15, 0.2) is 0 Å². The molecule has 0 aromatic carbocycles. The number of rotatable bonds is 5. The van der Waals surface area contributed by atoms with Crippen LogP contribution in [0.1, 0.15) is 12.6 Å². The van der Waals surface area contributed by atoms with E-state index in [1.165, 1.54) is 0 Å². The summed E-state index contributed by atoms with van der Waals surface area (Å²) in [7, 11) is 0. The number of nitrogens with zero attached hydrogens (tertiary/aromatic N) is 3. The fourth-order valence-corrected chi connectivity index (χ4v) is 2.10. The van der Waals surface area contributed by atoms with Crippen molar-refractivity contribution in [3.63, 3.8) is 0 Å². The molecular formula is C12H19ClN4O. The quantitative estimate of drug-likeness (QED) is 0.821. The van der Waals surface area contributed by atoms with Gasteiger partial charge in [0.2, 0.25) is 5.28 Å². The Morgan fingerprint density at radius 3 is 2.89 bits per heavy atom. The summed E-state index contributed by atoms with van der Waals surface area (Å²) < 4.78 is 5.31. The summed E-state index contributed by atoms with van der Waals surface area (Å²) in [6.45, 7) is 7.58.